The summed E-state index contributed by atoms with van der Waals surface area (Å²) in [7, 11) is 0. The van der Waals surface area contributed by atoms with Crippen LogP contribution < -0.4 is 10.6 Å². The summed E-state index contributed by atoms with van der Waals surface area (Å²) in [6, 6.07) is 16.2. The van der Waals surface area contributed by atoms with Crippen molar-refractivity contribution in [3.05, 3.63) is 77.0 Å². The summed E-state index contributed by atoms with van der Waals surface area (Å²) in [5.41, 5.74) is 3.42. The molecule has 0 aliphatic heterocycles. The van der Waals surface area contributed by atoms with Crippen molar-refractivity contribution in [2.45, 2.75) is 26.8 Å². The van der Waals surface area contributed by atoms with Gasteiger partial charge in [-0.15, -0.1) is 0 Å². The monoisotopic (exact) mass is 405 g/mol. The Morgan fingerprint density at radius 1 is 1.00 bits per heavy atom. The van der Waals surface area contributed by atoms with Crippen LogP contribution in [0.5, 0.6) is 0 Å². The van der Waals surface area contributed by atoms with Gasteiger partial charge < -0.3 is 10.1 Å². The van der Waals surface area contributed by atoms with E-state index in [1.807, 2.05) is 68.4 Å². The van der Waals surface area contributed by atoms with E-state index in [1.54, 1.807) is 0 Å². The standard InChI is InChI=1S/C23H23N3O4/c1-3-18-21(15(2)17-11-7-8-12-19(17)25-18)22(28)30-14-20(27)26-23(29)24-13-16-9-5-4-6-10-16/h4-12H,3,13-14H2,1-2H3,(H2,24,26,27,29). The Morgan fingerprint density at radius 3 is 2.43 bits per heavy atom. The van der Waals surface area contributed by atoms with E-state index in [0.717, 1.165) is 22.0 Å². The smallest absolute Gasteiger partial charge is 0.340 e. The van der Waals surface area contributed by atoms with E-state index in [0.29, 0.717) is 17.7 Å². The molecule has 2 aromatic carbocycles. The van der Waals surface area contributed by atoms with Gasteiger partial charge in [0.1, 0.15) is 0 Å². The third-order valence-electron chi connectivity index (χ3n) is 4.65. The largest absolute Gasteiger partial charge is 0.452 e. The number of nitrogens with zero attached hydrogens (tertiary/aromatic N) is 1. The summed E-state index contributed by atoms with van der Waals surface area (Å²) < 4.78 is 5.15. The summed E-state index contributed by atoms with van der Waals surface area (Å²) in [4.78, 5) is 41.0. The molecule has 1 aromatic heterocycles. The molecule has 0 saturated heterocycles. The molecule has 7 heteroatoms. The number of urea groups is 1. The molecular weight excluding hydrogens is 382 g/mol. The van der Waals surface area contributed by atoms with Gasteiger partial charge in [0, 0.05) is 11.9 Å². The molecule has 0 saturated carbocycles. The number of fused-ring (bicyclic) bond motifs is 1. The molecular formula is C23H23N3O4. The van der Waals surface area contributed by atoms with Crippen LogP contribution in [0.3, 0.4) is 0 Å². The lowest BCUT2D eigenvalue weighted by molar-refractivity contribution is -0.123. The maximum Gasteiger partial charge on any atom is 0.340 e. The molecule has 3 aromatic rings. The number of esters is 1. The van der Waals surface area contributed by atoms with Crippen LogP contribution in [0, 0.1) is 6.92 Å². The van der Waals surface area contributed by atoms with Crippen molar-refractivity contribution in [1.29, 1.82) is 0 Å². The number of nitrogens with one attached hydrogen (secondary N) is 2. The predicted molar refractivity (Wildman–Crippen MR) is 113 cm³/mol. The second kappa shape index (κ2) is 9.65. The number of benzene rings is 2. The highest BCUT2D eigenvalue weighted by Gasteiger charge is 2.20. The fourth-order valence-electron chi connectivity index (χ4n) is 3.16. The molecule has 0 unspecified atom stereocenters. The van der Waals surface area contributed by atoms with Gasteiger partial charge in [0.05, 0.1) is 16.8 Å². The molecule has 0 aliphatic carbocycles. The molecule has 0 bridgehead atoms. The van der Waals surface area contributed by atoms with Crippen LogP contribution in [0.2, 0.25) is 0 Å². The number of rotatable bonds is 6. The molecule has 0 atom stereocenters. The van der Waals surface area contributed by atoms with Gasteiger partial charge >= 0.3 is 12.0 Å². The van der Waals surface area contributed by atoms with Crippen LogP contribution in [0.15, 0.2) is 54.6 Å². The summed E-state index contributed by atoms with van der Waals surface area (Å²) >= 11 is 0. The molecule has 154 valence electrons. The van der Waals surface area contributed by atoms with Crippen LogP contribution in [0.1, 0.15) is 34.1 Å². The summed E-state index contributed by atoms with van der Waals surface area (Å²) in [6.45, 7) is 3.45. The molecule has 3 rings (SSSR count). The number of pyridine rings is 1. The highest BCUT2D eigenvalue weighted by atomic mass is 16.5. The molecule has 3 amide bonds. The van der Waals surface area contributed by atoms with Gasteiger partial charge in [-0.25, -0.2) is 9.59 Å². The number of aromatic nitrogens is 1. The van der Waals surface area contributed by atoms with Crippen molar-refractivity contribution in [2.75, 3.05) is 6.61 Å². The Morgan fingerprint density at radius 2 is 1.70 bits per heavy atom. The molecule has 0 radical (unpaired) electrons. The van der Waals surface area contributed by atoms with E-state index in [1.165, 1.54) is 0 Å². The van der Waals surface area contributed by atoms with Gasteiger partial charge in [0.15, 0.2) is 6.61 Å². The van der Waals surface area contributed by atoms with Gasteiger partial charge in [-0.3, -0.25) is 15.1 Å². The third kappa shape index (κ3) is 5.00. The number of ether oxygens (including phenoxy) is 1. The number of aryl methyl sites for hydroxylation is 2. The van der Waals surface area contributed by atoms with E-state index < -0.39 is 24.5 Å². The molecule has 0 fully saturated rings. The van der Waals surface area contributed by atoms with Crippen molar-refractivity contribution >= 4 is 28.8 Å². The molecule has 0 spiro atoms. The average molecular weight is 405 g/mol. The number of amides is 3. The van der Waals surface area contributed by atoms with Crippen LogP contribution in [0.4, 0.5) is 4.79 Å². The van der Waals surface area contributed by atoms with Crippen molar-refractivity contribution in [2.24, 2.45) is 0 Å². The van der Waals surface area contributed by atoms with Crippen LogP contribution in [-0.4, -0.2) is 29.5 Å². The van der Waals surface area contributed by atoms with Gasteiger partial charge in [0.2, 0.25) is 0 Å². The topological polar surface area (TPSA) is 97.4 Å². The zero-order valence-corrected chi connectivity index (χ0v) is 16.9. The lowest BCUT2D eigenvalue weighted by Gasteiger charge is -2.13. The van der Waals surface area contributed by atoms with E-state index in [9.17, 15) is 14.4 Å². The lowest BCUT2D eigenvalue weighted by Crippen LogP contribution is -2.41. The van der Waals surface area contributed by atoms with Crippen molar-refractivity contribution in [1.82, 2.24) is 15.6 Å². The number of hydrogen-bond donors (Lipinski definition) is 2. The van der Waals surface area contributed by atoms with Crippen molar-refractivity contribution < 1.29 is 19.1 Å². The minimum atomic E-state index is -0.710. The minimum absolute atomic E-state index is 0.279. The van der Waals surface area contributed by atoms with Crippen molar-refractivity contribution in [3.63, 3.8) is 0 Å². The fraction of sp³-hybridized carbons (Fsp3) is 0.217. The summed E-state index contributed by atoms with van der Waals surface area (Å²) in [5.74, 6) is -1.35. The third-order valence-corrected chi connectivity index (χ3v) is 4.65. The number of carbonyl (C=O) groups excluding carboxylic acids is 3. The Bertz CT molecular complexity index is 1080. The molecule has 30 heavy (non-hydrogen) atoms. The highest BCUT2D eigenvalue weighted by Crippen LogP contribution is 2.24. The Kier molecular flexibility index (Phi) is 6.75. The quantitative estimate of drug-likeness (QED) is 0.614. The van der Waals surface area contributed by atoms with Gasteiger partial charge in [-0.2, -0.15) is 0 Å². The van der Waals surface area contributed by atoms with Gasteiger partial charge in [-0.1, -0.05) is 55.5 Å². The number of carbonyl (C=O) groups is 3. The maximum absolute atomic E-state index is 12.6. The van der Waals surface area contributed by atoms with E-state index in [2.05, 4.69) is 15.6 Å². The minimum Gasteiger partial charge on any atom is -0.452 e. The Balaban J connectivity index is 1.59. The van der Waals surface area contributed by atoms with Crippen LogP contribution in [0.25, 0.3) is 10.9 Å². The van der Waals surface area contributed by atoms with Gasteiger partial charge in [-0.05, 0) is 30.5 Å². The summed E-state index contributed by atoms with van der Waals surface area (Å²) in [5, 5.41) is 5.58. The highest BCUT2D eigenvalue weighted by molar-refractivity contribution is 6.00. The SMILES string of the molecule is CCc1nc2ccccc2c(C)c1C(=O)OCC(=O)NC(=O)NCc1ccccc1. The Labute approximate surface area is 174 Å². The zero-order chi connectivity index (χ0) is 21.5. The fourth-order valence-corrected chi connectivity index (χ4v) is 3.16. The van der Waals surface area contributed by atoms with E-state index >= 15 is 0 Å². The second-order valence-electron chi connectivity index (χ2n) is 6.72. The van der Waals surface area contributed by atoms with Gasteiger partial charge in [0.25, 0.3) is 5.91 Å². The molecule has 2 N–H and O–H groups in total. The first-order chi connectivity index (χ1) is 14.5. The normalized spacial score (nSPS) is 10.5. The molecule has 0 aliphatic rings. The molecule has 1 heterocycles. The first kappa shape index (κ1) is 21.0. The number of imide groups is 1. The molecule has 7 nitrogen and oxygen atoms in total. The van der Waals surface area contributed by atoms with E-state index in [4.69, 9.17) is 4.74 Å². The number of hydrogen-bond acceptors (Lipinski definition) is 5. The van der Waals surface area contributed by atoms with Crippen LogP contribution >= 0.6 is 0 Å². The summed E-state index contributed by atoms with van der Waals surface area (Å²) in [6.07, 6.45) is 0.546. The van der Waals surface area contributed by atoms with E-state index in [-0.39, 0.29) is 6.54 Å². The lowest BCUT2D eigenvalue weighted by atomic mass is 10.0. The van der Waals surface area contributed by atoms with Crippen molar-refractivity contribution in [3.8, 4) is 0 Å². The van der Waals surface area contributed by atoms with Crippen LogP contribution in [-0.2, 0) is 22.5 Å². The second-order valence-corrected chi connectivity index (χ2v) is 6.72. The maximum atomic E-state index is 12.6. The number of para-hydroxylation sites is 1. The average Bonchev–Trinajstić information content (AvgIpc) is 2.76. The first-order valence-electron chi connectivity index (χ1n) is 9.66. The first-order valence-corrected chi connectivity index (χ1v) is 9.66. The predicted octanol–water partition coefficient (Wildman–Crippen LogP) is 3.29. The zero-order valence-electron chi connectivity index (χ0n) is 16.9. The Hall–Kier alpha value is -3.74.